The number of benzene rings is 3. The van der Waals surface area contributed by atoms with E-state index in [1.165, 1.54) is 0 Å². The fourth-order valence-electron chi connectivity index (χ4n) is 2.82. The zero-order valence-electron chi connectivity index (χ0n) is 12.7. The summed E-state index contributed by atoms with van der Waals surface area (Å²) in [4.78, 5) is 4.80. The molecule has 24 heavy (non-hydrogen) atoms. The molecule has 0 unspecified atom stereocenters. The molecule has 0 aliphatic carbocycles. The minimum atomic E-state index is 0.709. The Hall–Kier alpha value is -2.35. The van der Waals surface area contributed by atoms with Crippen molar-refractivity contribution in [1.82, 2.24) is 4.98 Å². The molecule has 1 nitrogen and oxygen atoms in total. The van der Waals surface area contributed by atoms with Crippen LogP contribution in [-0.4, -0.2) is 4.98 Å². The first-order valence-electron chi connectivity index (χ1n) is 7.62. The van der Waals surface area contributed by atoms with Crippen molar-refractivity contribution in [2.24, 2.45) is 0 Å². The summed E-state index contributed by atoms with van der Waals surface area (Å²) in [6.45, 7) is 0. The third-order valence-corrected chi connectivity index (χ3v) is 4.48. The van der Waals surface area contributed by atoms with Crippen molar-refractivity contribution in [3.05, 3.63) is 88.9 Å². The topological polar surface area (TPSA) is 12.9 Å². The number of hydrogen-bond donors (Lipinski definition) is 0. The van der Waals surface area contributed by atoms with Crippen LogP contribution < -0.4 is 0 Å². The van der Waals surface area contributed by atoms with E-state index in [1.54, 1.807) is 0 Å². The second-order valence-corrected chi connectivity index (χ2v) is 6.46. The number of rotatable bonds is 2. The maximum absolute atomic E-state index is 6.21. The summed E-state index contributed by atoms with van der Waals surface area (Å²) in [5.41, 5.74) is 5.13. The van der Waals surface area contributed by atoms with Crippen molar-refractivity contribution in [3.8, 4) is 22.4 Å². The summed E-state index contributed by atoms with van der Waals surface area (Å²) in [7, 11) is 0. The molecule has 0 saturated carbocycles. The van der Waals surface area contributed by atoms with E-state index in [4.69, 9.17) is 28.2 Å². The van der Waals surface area contributed by atoms with Gasteiger partial charge in [0.2, 0.25) is 0 Å². The van der Waals surface area contributed by atoms with Gasteiger partial charge in [0.05, 0.1) is 11.2 Å². The van der Waals surface area contributed by atoms with E-state index in [0.717, 1.165) is 38.3 Å². The minimum Gasteiger partial charge on any atom is -0.248 e. The van der Waals surface area contributed by atoms with E-state index in [9.17, 15) is 0 Å². The molecule has 0 saturated heterocycles. The highest BCUT2D eigenvalue weighted by Gasteiger charge is 2.10. The van der Waals surface area contributed by atoms with Crippen LogP contribution in [0.25, 0.3) is 33.3 Å². The maximum atomic E-state index is 6.21. The van der Waals surface area contributed by atoms with Gasteiger partial charge in [-0.1, -0.05) is 65.7 Å². The lowest BCUT2D eigenvalue weighted by molar-refractivity contribution is 1.40. The predicted octanol–water partition coefficient (Wildman–Crippen LogP) is 6.88. The van der Waals surface area contributed by atoms with Crippen LogP contribution in [0.15, 0.2) is 78.9 Å². The largest absolute Gasteiger partial charge is 0.248 e. The highest BCUT2D eigenvalue weighted by atomic mass is 35.5. The number of aromatic nitrogens is 1. The summed E-state index contributed by atoms with van der Waals surface area (Å²) >= 11 is 12.2. The van der Waals surface area contributed by atoms with Crippen LogP contribution >= 0.6 is 23.2 Å². The highest BCUT2D eigenvalue weighted by molar-refractivity contribution is 6.31. The number of fused-ring (bicyclic) bond motifs is 1. The Morgan fingerprint density at radius 2 is 1.33 bits per heavy atom. The van der Waals surface area contributed by atoms with E-state index in [2.05, 4.69) is 18.2 Å². The van der Waals surface area contributed by atoms with Crippen molar-refractivity contribution >= 4 is 34.1 Å². The number of nitrogens with zero attached hydrogens (tertiary/aromatic N) is 1. The molecule has 4 rings (SSSR count). The Morgan fingerprint density at radius 1 is 0.625 bits per heavy atom. The van der Waals surface area contributed by atoms with Crippen molar-refractivity contribution < 1.29 is 0 Å². The summed E-state index contributed by atoms with van der Waals surface area (Å²) in [5, 5.41) is 2.47. The van der Waals surface area contributed by atoms with Crippen LogP contribution in [0.4, 0.5) is 0 Å². The quantitative estimate of drug-likeness (QED) is 0.384. The fourth-order valence-corrected chi connectivity index (χ4v) is 3.12. The molecule has 3 aromatic carbocycles. The van der Waals surface area contributed by atoms with Crippen molar-refractivity contribution in [1.29, 1.82) is 0 Å². The molecule has 0 aliphatic heterocycles. The molecule has 0 spiro atoms. The van der Waals surface area contributed by atoms with Gasteiger partial charge in [0.15, 0.2) is 0 Å². The monoisotopic (exact) mass is 349 g/mol. The Kier molecular flexibility index (Phi) is 3.97. The van der Waals surface area contributed by atoms with E-state index < -0.39 is 0 Å². The second kappa shape index (κ2) is 6.27. The molecule has 1 aromatic heterocycles. The van der Waals surface area contributed by atoms with Crippen LogP contribution in [0.5, 0.6) is 0 Å². The van der Waals surface area contributed by atoms with Crippen LogP contribution in [0.1, 0.15) is 0 Å². The Bertz CT molecular complexity index is 1010. The van der Waals surface area contributed by atoms with Crippen LogP contribution in [0, 0.1) is 0 Å². The molecule has 3 heteroatoms. The van der Waals surface area contributed by atoms with Crippen LogP contribution in [0.3, 0.4) is 0 Å². The molecule has 0 fully saturated rings. The van der Waals surface area contributed by atoms with Gasteiger partial charge in [-0.3, -0.25) is 0 Å². The third kappa shape index (κ3) is 2.89. The fraction of sp³-hybridized carbons (Fsp3) is 0. The van der Waals surface area contributed by atoms with Crippen molar-refractivity contribution in [2.45, 2.75) is 0 Å². The van der Waals surface area contributed by atoms with Crippen molar-refractivity contribution in [3.63, 3.8) is 0 Å². The average Bonchev–Trinajstić information content (AvgIpc) is 2.62. The molecule has 0 aliphatic rings. The number of pyridine rings is 1. The second-order valence-electron chi connectivity index (χ2n) is 5.59. The summed E-state index contributed by atoms with van der Waals surface area (Å²) in [5.74, 6) is 0. The zero-order valence-corrected chi connectivity index (χ0v) is 14.2. The average molecular weight is 350 g/mol. The van der Waals surface area contributed by atoms with Crippen LogP contribution in [0.2, 0.25) is 10.0 Å². The molecule has 0 amide bonds. The molecular weight excluding hydrogens is 337 g/mol. The third-order valence-electron chi connectivity index (χ3n) is 4.00. The Labute approximate surface area is 150 Å². The predicted molar refractivity (Wildman–Crippen MR) is 103 cm³/mol. The van der Waals surface area contributed by atoms with Gasteiger partial charge in [-0.25, -0.2) is 4.98 Å². The van der Waals surface area contributed by atoms with Gasteiger partial charge in [0.25, 0.3) is 0 Å². The summed E-state index contributed by atoms with van der Waals surface area (Å²) < 4.78 is 0. The molecule has 0 N–H and O–H groups in total. The number of hydrogen-bond acceptors (Lipinski definition) is 1. The molecule has 0 radical (unpaired) electrons. The molecule has 4 aromatic rings. The summed E-state index contributed by atoms with van der Waals surface area (Å²) in [6, 6.07) is 25.9. The van der Waals surface area contributed by atoms with E-state index in [-0.39, 0.29) is 0 Å². The zero-order chi connectivity index (χ0) is 16.5. The van der Waals surface area contributed by atoms with E-state index in [1.807, 2.05) is 60.7 Å². The van der Waals surface area contributed by atoms with Gasteiger partial charge >= 0.3 is 0 Å². The SMILES string of the molecule is Clc1ccc(-c2cc(-c3ccccc3)c3cc(Cl)ccc3n2)cc1. The van der Waals surface area contributed by atoms with Gasteiger partial charge in [0, 0.05) is 21.0 Å². The lowest BCUT2D eigenvalue weighted by Gasteiger charge is -2.11. The minimum absolute atomic E-state index is 0.709. The van der Waals surface area contributed by atoms with E-state index >= 15 is 0 Å². The molecule has 116 valence electrons. The standard InChI is InChI=1S/C21H13Cl2N/c22-16-8-6-15(7-9-16)21-13-18(14-4-2-1-3-5-14)19-12-17(23)10-11-20(19)24-21/h1-13H. The van der Waals surface area contributed by atoms with Crippen molar-refractivity contribution in [2.75, 3.05) is 0 Å². The Morgan fingerprint density at radius 3 is 2.08 bits per heavy atom. The highest BCUT2D eigenvalue weighted by Crippen LogP contribution is 2.33. The van der Waals surface area contributed by atoms with Crippen LogP contribution in [-0.2, 0) is 0 Å². The lowest BCUT2D eigenvalue weighted by Crippen LogP contribution is -1.90. The smallest absolute Gasteiger partial charge is 0.0716 e. The molecular formula is C21H13Cl2N. The first-order valence-corrected chi connectivity index (χ1v) is 8.38. The van der Waals surface area contributed by atoms with Gasteiger partial charge < -0.3 is 0 Å². The van der Waals surface area contributed by atoms with E-state index in [0.29, 0.717) is 5.02 Å². The first-order chi connectivity index (χ1) is 11.7. The molecule has 0 atom stereocenters. The van der Waals surface area contributed by atoms with Gasteiger partial charge in [-0.2, -0.15) is 0 Å². The normalized spacial score (nSPS) is 10.9. The van der Waals surface area contributed by atoms with Gasteiger partial charge in [-0.15, -0.1) is 0 Å². The summed E-state index contributed by atoms with van der Waals surface area (Å²) in [6.07, 6.45) is 0. The Balaban J connectivity index is 2.00. The molecule has 0 bridgehead atoms. The van der Waals surface area contributed by atoms with Gasteiger partial charge in [0.1, 0.15) is 0 Å². The first kappa shape index (κ1) is 15.2. The van der Waals surface area contributed by atoms with Gasteiger partial charge in [-0.05, 0) is 47.5 Å². The maximum Gasteiger partial charge on any atom is 0.0716 e. The number of halogens is 2. The molecule has 1 heterocycles. The lowest BCUT2D eigenvalue weighted by atomic mass is 9.98.